The van der Waals surface area contributed by atoms with Crippen LogP contribution in [-0.4, -0.2) is 33.2 Å². The summed E-state index contributed by atoms with van der Waals surface area (Å²) in [6, 6.07) is 17.4. The van der Waals surface area contributed by atoms with E-state index in [9.17, 15) is 4.79 Å². The third-order valence-corrected chi connectivity index (χ3v) is 5.50. The summed E-state index contributed by atoms with van der Waals surface area (Å²) in [5.74, 6) is 1.53. The number of carbonyl (C=O) groups excluding carboxylic acids is 1. The molecule has 0 aliphatic heterocycles. The van der Waals surface area contributed by atoms with Crippen LogP contribution in [0.25, 0.3) is 0 Å². The SMILES string of the molecule is Cc1ccccc1Nc1nc(N)nc(CSC(C)C(=O)N(C)c2ccccc2)n1. The van der Waals surface area contributed by atoms with Crippen molar-refractivity contribution in [2.75, 3.05) is 23.0 Å². The number of amides is 1. The van der Waals surface area contributed by atoms with Gasteiger partial charge in [0.1, 0.15) is 5.82 Å². The summed E-state index contributed by atoms with van der Waals surface area (Å²) >= 11 is 1.46. The predicted octanol–water partition coefficient (Wildman–Crippen LogP) is 3.79. The Morgan fingerprint density at radius 2 is 1.79 bits per heavy atom. The average molecular weight is 409 g/mol. The molecule has 0 radical (unpaired) electrons. The first-order valence-corrected chi connectivity index (χ1v) is 10.3. The van der Waals surface area contributed by atoms with Crippen LogP contribution in [0.3, 0.4) is 0 Å². The van der Waals surface area contributed by atoms with Gasteiger partial charge in [0, 0.05) is 18.4 Å². The van der Waals surface area contributed by atoms with Gasteiger partial charge in [0.2, 0.25) is 17.8 Å². The molecule has 1 amide bonds. The molecule has 3 rings (SSSR count). The molecule has 1 heterocycles. The first-order chi connectivity index (χ1) is 13.9. The summed E-state index contributed by atoms with van der Waals surface area (Å²) in [5, 5.41) is 2.92. The van der Waals surface area contributed by atoms with Crippen LogP contribution in [0.4, 0.5) is 23.3 Å². The number of hydrogen-bond donors (Lipinski definition) is 2. The third-order valence-electron chi connectivity index (χ3n) is 4.37. The monoisotopic (exact) mass is 408 g/mol. The molecule has 3 aromatic rings. The van der Waals surface area contributed by atoms with E-state index in [1.165, 1.54) is 11.8 Å². The lowest BCUT2D eigenvalue weighted by Crippen LogP contribution is -2.33. The number of nitrogens with zero attached hydrogens (tertiary/aromatic N) is 4. The van der Waals surface area contributed by atoms with Crippen LogP contribution in [0.1, 0.15) is 18.3 Å². The number of nitrogens with one attached hydrogen (secondary N) is 1. The minimum absolute atomic E-state index is 0.0153. The second-order valence-electron chi connectivity index (χ2n) is 6.56. The van der Waals surface area contributed by atoms with E-state index >= 15 is 0 Å². The molecule has 1 unspecified atom stereocenters. The zero-order valence-electron chi connectivity index (χ0n) is 16.7. The molecule has 0 fully saturated rings. The van der Waals surface area contributed by atoms with Crippen LogP contribution in [0, 0.1) is 6.92 Å². The van der Waals surface area contributed by atoms with Crippen LogP contribution >= 0.6 is 11.8 Å². The molecule has 0 aliphatic carbocycles. The van der Waals surface area contributed by atoms with E-state index in [1.807, 2.05) is 68.4 Å². The number of carbonyl (C=O) groups is 1. The fourth-order valence-corrected chi connectivity index (χ4v) is 3.54. The molecule has 0 spiro atoms. The molecule has 0 saturated heterocycles. The number of rotatable bonds is 7. The van der Waals surface area contributed by atoms with Crippen molar-refractivity contribution in [3.05, 3.63) is 66.0 Å². The fraction of sp³-hybridized carbons (Fsp3) is 0.238. The van der Waals surface area contributed by atoms with Crippen molar-refractivity contribution < 1.29 is 4.79 Å². The molecular weight excluding hydrogens is 384 g/mol. The van der Waals surface area contributed by atoms with Crippen LogP contribution in [-0.2, 0) is 10.5 Å². The van der Waals surface area contributed by atoms with Crippen molar-refractivity contribution in [3.8, 4) is 0 Å². The Hall–Kier alpha value is -3.13. The highest BCUT2D eigenvalue weighted by Crippen LogP contribution is 2.22. The number of hydrogen-bond acceptors (Lipinski definition) is 7. The Kier molecular flexibility index (Phi) is 6.66. The second kappa shape index (κ2) is 9.38. The molecular formula is C21H24N6OS. The van der Waals surface area contributed by atoms with Gasteiger partial charge < -0.3 is 16.0 Å². The van der Waals surface area contributed by atoms with Crippen molar-refractivity contribution in [2.45, 2.75) is 24.9 Å². The summed E-state index contributed by atoms with van der Waals surface area (Å²) in [7, 11) is 1.78. The van der Waals surface area contributed by atoms with E-state index in [2.05, 4.69) is 20.3 Å². The van der Waals surface area contributed by atoms with Gasteiger partial charge in [-0.05, 0) is 37.6 Å². The topological polar surface area (TPSA) is 97.0 Å². The van der Waals surface area contributed by atoms with E-state index < -0.39 is 0 Å². The maximum atomic E-state index is 12.7. The maximum absolute atomic E-state index is 12.7. The first kappa shape index (κ1) is 20.6. The van der Waals surface area contributed by atoms with Gasteiger partial charge in [-0.15, -0.1) is 11.8 Å². The van der Waals surface area contributed by atoms with Crippen LogP contribution in [0.15, 0.2) is 54.6 Å². The maximum Gasteiger partial charge on any atom is 0.239 e. The standard InChI is InChI=1S/C21H24N6OS/c1-14-9-7-8-12-17(14)23-21-25-18(24-20(22)26-21)13-29-15(2)19(28)27(3)16-10-5-4-6-11-16/h4-12,15H,13H2,1-3H3,(H3,22,23,24,25,26). The number of thioether (sulfide) groups is 1. The third kappa shape index (κ3) is 5.45. The van der Waals surface area contributed by atoms with Gasteiger partial charge in [-0.3, -0.25) is 4.79 Å². The van der Waals surface area contributed by atoms with Crippen molar-refractivity contribution in [2.24, 2.45) is 0 Å². The highest BCUT2D eigenvalue weighted by atomic mass is 32.2. The normalized spacial score (nSPS) is 11.7. The molecule has 0 aliphatic rings. The Morgan fingerprint density at radius 1 is 1.10 bits per heavy atom. The minimum atomic E-state index is -0.258. The molecule has 2 aromatic carbocycles. The molecule has 1 atom stereocenters. The summed E-state index contributed by atoms with van der Waals surface area (Å²) in [4.78, 5) is 27.2. The minimum Gasteiger partial charge on any atom is -0.368 e. The van der Waals surface area contributed by atoms with Gasteiger partial charge in [-0.25, -0.2) is 0 Å². The molecule has 8 heteroatoms. The predicted molar refractivity (Wildman–Crippen MR) is 119 cm³/mol. The molecule has 7 nitrogen and oxygen atoms in total. The number of para-hydroxylation sites is 2. The van der Waals surface area contributed by atoms with Gasteiger partial charge in [-0.1, -0.05) is 36.4 Å². The number of nitrogen functional groups attached to an aromatic ring is 1. The number of nitrogens with two attached hydrogens (primary N) is 1. The smallest absolute Gasteiger partial charge is 0.239 e. The number of aryl methyl sites for hydroxylation is 1. The number of anilines is 4. The second-order valence-corrected chi connectivity index (χ2v) is 7.89. The van der Waals surface area contributed by atoms with Crippen LogP contribution < -0.4 is 16.0 Å². The fourth-order valence-electron chi connectivity index (χ4n) is 2.71. The number of benzene rings is 2. The molecule has 0 saturated carbocycles. The van der Waals surface area contributed by atoms with E-state index in [0.717, 1.165) is 16.9 Å². The lowest BCUT2D eigenvalue weighted by Gasteiger charge is -2.21. The molecule has 1 aromatic heterocycles. The summed E-state index contributed by atoms with van der Waals surface area (Å²) in [6.45, 7) is 3.88. The zero-order valence-corrected chi connectivity index (χ0v) is 17.5. The summed E-state index contributed by atoms with van der Waals surface area (Å²) < 4.78 is 0. The Bertz CT molecular complexity index is 982. The van der Waals surface area contributed by atoms with Crippen molar-refractivity contribution in [1.82, 2.24) is 15.0 Å². The van der Waals surface area contributed by atoms with Gasteiger partial charge in [0.05, 0.1) is 11.0 Å². The van der Waals surface area contributed by atoms with Crippen LogP contribution in [0.2, 0.25) is 0 Å². The average Bonchev–Trinajstić information content (AvgIpc) is 2.73. The Balaban J connectivity index is 1.65. The van der Waals surface area contributed by atoms with Gasteiger partial charge in [0.25, 0.3) is 0 Å². The summed E-state index contributed by atoms with van der Waals surface area (Å²) in [6.07, 6.45) is 0. The van der Waals surface area contributed by atoms with E-state index in [-0.39, 0.29) is 17.1 Å². The Labute approximate surface area is 174 Å². The molecule has 150 valence electrons. The lowest BCUT2D eigenvalue weighted by atomic mass is 10.2. The van der Waals surface area contributed by atoms with Crippen molar-refractivity contribution >= 4 is 40.9 Å². The first-order valence-electron chi connectivity index (χ1n) is 9.21. The summed E-state index contributed by atoms with van der Waals surface area (Å²) in [5.41, 5.74) is 8.70. The quantitative estimate of drug-likeness (QED) is 0.614. The largest absolute Gasteiger partial charge is 0.368 e. The lowest BCUT2D eigenvalue weighted by molar-refractivity contribution is -0.117. The van der Waals surface area contributed by atoms with Crippen molar-refractivity contribution in [3.63, 3.8) is 0 Å². The van der Waals surface area contributed by atoms with E-state index in [4.69, 9.17) is 5.73 Å². The highest BCUT2D eigenvalue weighted by Gasteiger charge is 2.20. The zero-order chi connectivity index (χ0) is 20.8. The van der Waals surface area contributed by atoms with Gasteiger partial charge in [0.15, 0.2) is 0 Å². The van der Waals surface area contributed by atoms with Crippen molar-refractivity contribution in [1.29, 1.82) is 0 Å². The van der Waals surface area contributed by atoms with Gasteiger partial charge >= 0.3 is 0 Å². The molecule has 29 heavy (non-hydrogen) atoms. The highest BCUT2D eigenvalue weighted by molar-refractivity contribution is 7.99. The van der Waals surface area contributed by atoms with E-state index in [0.29, 0.717) is 17.5 Å². The molecule has 3 N–H and O–H groups in total. The molecule has 0 bridgehead atoms. The van der Waals surface area contributed by atoms with Gasteiger partial charge in [-0.2, -0.15) is 15.0 Å². The number of aromatic nitrogens is 3. The van der Waals surface area contributed by atoms with Crippen LogP contribution in [0.5, 0.6) is 0 Å². The Morgan fingerprint density at radius 3 is 2.52 bits per heavy atom. The van der Waals surface area contributed by atoms with E-state index in [1.54, 1.807) is 11.9 Å².